The molecule has 1 fully saturated rings. The van der Waals surface area contributed by atoms with Crippen molar-refractivity contribution in [1.29, 1.82) is 0 Å². The first-order chi connectivity index (χ1) is 11.8. The number of methoxy groups -OCH3 is 1. The molecule has 1 saturated carbocycles. The molecule has 0 aromatic carbocycles. The lowest BCUT2D eigenvalue weighted by molar-refractivity contribution is 0.0673. The van der Waals surface area contributed by atoms with Crippen LogP contribution in [0, 0.1) is 5.92 Å². The SMILES string of the molecule is COC[C@@H]1CN(C(=O)c2ccnnc2)Cc2c1cnn2CC1CC1. The predicted molar refractivity (Wildman–Crippen MR) is 86.3 cm³/mol. The lowest BCUT2D eigenvalue weighted by atomic mass is 9.95. The highest BCUT2D eigenvalue weighted by Crippen LogP contribution is 2.34. The molecule has 24 heavy (non-hydrogen) atoms. The number of carbonyl (C=O) groups is 1. The highest BCUT2D eigenvalue weighted by atomic mass is 16.5. The maximum Gasteiger partial charge on any atom is 0.255 e. The summed E-state index contributed by atoms with van der Waals surface area (Å²) in [6, 6.07) is 1.71. The number of carbonyl (C=O) groups excluding carboxylic acids is 1. The molecule has 1 aliphatic carbocycles. The molecule has 0 bridgehead atoms. The maximum absolute atomic E-state index is 12.8. The van der Waals surface area contributed by atoms with Crippen molar-refractivity contribution in [2.24, 2.45) is 5.92 Å². The highest BCUT2D eigenvalue weighted by Gasteiger charge is 2.33. The number of rotatable bonds is 5. The van der Waals surface area contributed by atoms with E-state index in [1.165, 1.54) is 24.6 Å². The third kappa shape index (κ3) is 2.91. The Balaban J connectivity index is 1.62. The lowest BCUT2D eigenvalue weighted by Crippen LogP contribution is -2.40. The smallest absolute Gasteiger partial charge is 0.255 e. The van der Waals surface area contributed by atoms with Crippen LogP contribution in [0.2, 0.25) is 0 Å². The van der Waals surface area contributed by atoms with E-state index in [1.807, 2.05) is 11.1 Å². The summed E-state index contributed by atoms with van der Waals surface area (Å²) in [7, 11) is 1.70. The van der Waals surface area contributed by atoms with E-state index in [1.54, 1.807) is 19.4 Å². The summed E-state index contributed by atoms with van der Waals surface area (Å²) in [6.07, 6.45) is 7.58. The van der Waals surface area contributed by atoms with Gasteiger partial charge in [0.2, 0.25) is 0 Å². The third-order valence-electron chi connectivity index (χ3n) is 4.82. The van der Waals surface area contributed by atoms with Gasteiger partial charge in [-0.3, -0.25) is 9.48 Å². The molecule has 2 aromatic rings. The van der Waals surface area contributed by atoms with Crippen LogP contribution < -0.4 is 0 Å². The normalized spacial score (nSPS) is 20.0. The summed E-state index contributed by atoms with van der Waals surface area (Å²) in [5.74, 6) is 0.881. The van der Waals surface area contributed by atoms with Gasteiger partial charge >= 0.3 is 0 Å². The summed E-state index contributed by atoms with van der Waals surface area (Å²) < 4.78 is 7.46. The highest BCUT2D eigenvalue weighted by molar-refractivity contribution is 5.93. The molecular weight excluding hydrogens is 306 g/mol. The average Bonchev–Trinajstić information content (AvgIpc) is 3.34. The van der Waals surface area contributed by atoms with Crippen LogP contribution in [0.1, 0.15) is 40.4 Å². The Labute approximate surface area is 140 Å². The average molecular weight is 327 g/mol. The fourth-order valence-corrected chi connectivity index (χ4v) is 3.35. The standard InChI is InChI=1S/C17H21N5O2/c1-24-11-14-9-21(17(23)13-4-5-18-19-6-13)10-16-15(14)7-20-22(16)8-12-2-3-12/h4-7,12,14H,2-3,8-11H2,1H3/t14-/m0/s1. The maximum atomic E-state index is 12.8. The van der Waals surface area contributed by atoms with Gasteiger partial charge in [-0.1, -0.05) is 0 Å². The number of amides is 1. The Morgan fingerprint density at radius 1 is 1.33 bits per heavy atom. The summed E-state index contributed by atoms with van der Waals surface area (Å²) in [5.41, 5.74) is 2.93. The topological polar surface area (TPSA) is 73.1 Å². The van der Waals surface area contributed by atoms with Gasteiger partial charge in [0.1, 0.15) is 0 Å². The van der Waals surface area contributed by atoms with E-state index in [0.717, 1.165) is 18.2 Å². The number of aromatic nitrogens is 4. The molecule has 2 aromatic heterocycles. The van der Waals surface area contributed by atoms with Gasteiger partial charge in [-0.2, -0.15) is 15.3 Å². The second-order valence-corrected chi connectivity index (χ2v) is 6.64. The first-order valence-corrected chi connectivity index (χ1v) is 8.35. The fourth-order valence-electron chi connectivity index (χ4n) is 3.35. The van der Waals surface area contributed by atoms with Crippen molar-refractivity contribution >= 4 is 5.91 Å². The van der Waals surface area contributed by atoms with Gasteiger partial charge in [-0.25, -0.2) is 0 Å². The van der Waals surface area contributed by atoms with E-state index in [0.29, 0.717) is 25.3 Å². The van der Waals surface area contributed by atoms with E-state index in [2.05, 4.69) is 20.0 Å². The van der Waals surface area contributed by atoms with E-state index in [4.69, 9.17) is 4.74 Å². The predicted octanol–water partition coefficient (Wildman–Crippen LogP) is 1.47. The molecule has 3 heterocycles. The number of ether oxygens (including phenoxy) is 1. The Morgan fingerprint density at radius 2 is 2.21 bits per heavy atom. The minimum atomic E-state index is -0.0178. The van der Waals surface area contributed by atoms with Gasteiger partial charge in [-0.15, -0.1) is 0 Å². The molecule has 0 spiro atoms. The number of fused-ring (bicyclic) bond motifs is 1. The zero-order chi connectivity index (χ0) is 16.5. The molecule has 7 nitrogen and oxygen atoms in total. The number of hydrogen-bond donors (Lipinski definition) is 0. The Morgan fingerprint density at radius 3 is 2.92 bits per heavy atom. The van der Waals surface area contributed by atoms with Crippen molar-refractivity contribution in [3.63, 3.8) is 0 Å². The molecule has 0 N–H and O–H groups in total. The second kappa shape index (κ2) is 6.32. The van der Waals surface area contributed by atoms with Crippen LogP contribution in [0.15, 0.2) is 24.7 Å². The van der Waals surface area contributed by atoms with E-state index in [9.17, 15) is 4.79 Å². The molecule has 7 heteroatoms. The molecule has 1 aliphatic heterocycles. The second-order valence-electron chi connectivity index (χ2n) is 6.64. The molecule has 4 rings (SSSR count). The largest absolute Gasteiger partial charge is 0.384 e. The molecule has 126 valence electrons. The Hall–Kier alpha value is -2.28. The van der Waals surface area contributed by atoms with Gasteiger partial charge in [0.05, 0.1) is 43.0 Å². The first kappa shape index (κ1) is 15.3. The van der Waals surface area contributed by atoms with Crippen LogP contribution in [-0.2, 0) is 17.8 Å². The molecule has 1 amide bonds. The summed E-state index contributed by atoms with van der Waals surface area (Å²) in [5, 5.41) is 12.1. The number of hydrogen-bond acceptors (Lipinski definition) is 5. The van der Waals surface area contributed by atoms with Crippen LogP contribution >= 0.6 is 0 Å². The van der Waals surface area contributed by atoms with Crippen molar-refractivity contribution < 1.29 is 9.53 Å². The van der Waals surface area contributed by atoms with E-state index in [-0.39, 0.29) is 11.8 Å². The molecular formula is C17H21N5O2. The lowest BCUT2D eigenvalue weighted by Gasteiger charge is -2.33. The van der Waals surface area contributed by atoms with Crippen molar-refractivity contribution in [1.82, 2.24) is 24.9 Å². The minimum absolute atomic E-state index is 0.0178. The molecule has 2 aliphatic rings. The zero-order valence-corrected chi connectivity index (χ0v) is 13.8. The molecule has 0 radical (unpaired) electrons. The molecule has 1 atom stereocenters. The summed E-state index contributed by atoms with van der Waals surface area (Å²) in [4.78, 5) is 14.7. The van der Waals surface area contributed by atoms with Gasteiger partial charge in [0.15, 0.2) is 0 Å². The number of nitrogens with zero attached hydrogens (tertiary/aromatic N) is 5. The van der Waals surface area contributed by atoms with Crippen molar-refractivity contribution in [3.05, 3.63) is 41.5 Å². The molecule has 0 unspecified atom stereocenters. The molecule has 0 saturated heterocycles. The van der Waals surface area contributed by atoms with Gasteiger partial charge in [0.25, 0.3) is 5.91 Å². The van der Waals surface area contributed by atoms with E-state index < -0.39 is 0 Å². The quantitative estimate of drug-likeness (QED) is 0.831. The van der Waals surface area contributed by atoms with Gasteiger partial charge in [-0.05, 0) is 24.8 Å². The summed E-state index contributed by atoms with van der Waals surface area (Å²) in [6.45, 7) is 2.76. The van der Waals surface area contributed by atoms with Gasteiger partial charge < -0.3 is 9.64 Å². The van der Waals surface area contributed by atoms with E-state index >= 15 is 0 Å². The van der Waals surface area contributed by atoms with Gasteiger partial charge in [0, 0.05) is 31.7 Å². The zero-order valence-electron chi connectivity index (χ0n) is 13.8. The van der Waals surface area contributed by atoms with Crippen molar-refractivity contribution in [2.45, 2.75) is 31.8 Å². The van der Waals surface area contributed by atoms with Crippen molar-refractivity contribution in [2.75, 3.05) is 20.3 Å². The Bertz CT molecular complexity index is 726. The van der Waals surface area contributed by atoms with Crippen LogP contribution in [0.3, 0.4) is 0 Å². The monoisotopic (exact) mass is 327 g/mol. The van der Waals surface area contributed by atoms with Crippen LogP contribution in [-0.4, -0.2) is 51.0 Å². The summed E-state index contributed by atoms with van der Waals surface area (Å²) >= 11 is 0. The fraction of sp³-hybridized carbons (Fsp3) is 0.529. The van der Waals surface area contributed by atoms with Crippen LogP contribution in [0.4, 0.5) is 0 Å². The minimum Gasteiger partial charge on any atom is -0.384 e. The van der Waals surface area contributed by atoms with Crippen molar-refractivity contribution in [3.8, 4) is 0 Å². The van der Waals surface area contributed by atoms with Crippen LogP contribution in [0.25, 0.3) is 0 Å². The Kier molecular flexibility index (Phi) is 4.02. The first-order valence-electron chi connectivity index (χ1n) is 8.35. The van der Waals surface area contributed by atoms with Crippen LogP contribution in [0.5, 0.6) is 0 Å². The third-order valence-corrected chi connectivity index (χ3v) is 4.82.